The Kier molecular flexibility index (Phi) is 6.38. The summed E-state index contributed by atoms with van der Waals surface area (Å²) in [4.78, 5) is 22.8. The van der Waals surface area contributed by atoms with Gasteiger partial charge < -0.3 is 21.3 Å². The van der Waals surface area contributed by atoms with Gasteiger partial charge in [-0.1, -0.05) is 6.07 Å². The number of urea groups is 1. The fraction of sp³-hybridized carbons (Fsp3) is 0.385. The molecule has 0 atom stereocenters. The van der Waals surface area contributed by atoms with Crippen molar-refractivity contribution < 1.29 is 9.59 Å². The van der Waals surface area contributed by atoms with E-state index in [-0.39, 0.29) is 11.9 Å². The molecule has 0 bridgehead atoms. The van der Waals surface area contributed by atoms with E-state index in [4.69, 9.17) is 0 Å². The molecule has 4 N–H and O–H groups in total. The SMILES string of the molecule is CNCCCC(=O)Nc1cccc(NC(=O)NC)c1. The van der Waals surface area contributed by atoms with Crippen LogP contribution in [0.1, 0.15) is 12.8 Å². The second-order valence-electron chi connectivity index (χ2n) is 4.04. The van der Waals surface area contributed by atoms with Gasteiger partial charge in [-0.25, -0.2) is 4.79 Å². The average molecular weight is 264 g/mol. The number of benzene rings is 1. The highest BCUT2D eigenvalue weighted by Gasteiger charge is 2.03. The van der Waals surface area contributed by atoms with E-state index in [1.807, 2.05) is 7.05 Å². The van der Waals surface area contributed by atoms with Crippen LogP contribution in [0, 0.1) is 0 Å². The number of anilines is 2. The average Bonchev–Trinajstić information content (AvgIpc) is 2.39. The third-order valence-corrected chi connectivity index (χ3v) is 2.46. The number of amides is 3. The molecule has 104 valence electrons. The maximum absolute atomic E-state index is 11.6. The number of carbonyl (C=O) groups excluding carboxylic acids is 2. The molecule has 0 saturated heterocycles. The summed E-state index contributed by atoms with van der Waals surface area (Å²) >= 11 is 0. The molecule has 19 heavy (non-hydrogen) atoms. The van der Waals surface area contributed by atoms with Crippen molar-refractivity contribution in [2.75, 3.05) is 31.3 Å². The molecular weight excluding hydrogens is 244 g/mol. The van der Waals surface area contributed by atoms with E-state index in [0.717, 1.165) is 13.0 Å². The molecule has 0 saturated carbocycles. The minimum atomic E-state index is -0.294. The lowest BCUT2D eigenvalue weighted by molar-refractivity contribution is -0.116. The van der Waals surface area contributed by atoms with Gasteiger partial charge in [-0.2, -0.15) is 0 Å². The third kappa shape index (κ3) is 5.87. The van der Waals surface area contributed by atoms with Crippen molar-refractivity contribution in [3.05, 3.63) is 24.3 Å². The van der Waals surface area contributed by atoms with E-state index in [0.29, 0.717) is 17.8 Å². The number of rotatable bonds is 6. The van der Waals surface area contributed by atoms with Crippen LogP contribution in [0.2, 0.25) is 0 Å². The molecule has 6 nitrogen and oxygen atoms in total. The molecule has 0 fully saturated rings. The minimum Gasteiger partial charge on any atom is -0.341 e. The zero-order chi connectivity index (χ0) is 14.1. The summed E-state index contributed by atoms with van der Waals surface area (Å²) in [6, 6.07) is 6.73. The van der Waals surface area contributed by atoms with E-state index in [9.17, 15) is 9.59 Å². The molecule has 1 aromatic carbocycles. The van der Waals surface area contributed by atoms with Crippen molar-refractivity contribution in [3.8, 4) is 0 Å². The Morgan fingerprint density at radius 3 is 2.42 bits per heavy atom. The Balaban J connectivity index is 2.52. The van der Waals surface area contributed by atoms with Crippen LogP contribution >= 0.6 is 0 Å². The monoisotopic (exact) mass is 264 g/mol. The van der Waals surface area contributed by atoms with Gasteiger partial charge in [0, 0.05) is 24.8 Å². The first-order valence-corrected chi connectivity index (χ1v) is 6.19. The predicted molar refractivity (Wildman–Crippen MR) is 76.3 cm³/mol. The molecule has 0 aliphatic heterocycles. The quantitative estimate of drug-likeness (QED) is 0.586. The lowest BCUT2D eigenvalue weighted by Crippen LogP contribution is -2.24. The fourth-order valence-electron chi connectivity index (χ4n) is 1.52. The summed E-state index contributed by atoms with van der Waals surface area (Å²) in [5.41, 5.74) is 1.30. The lowest BCUT2D eigenvalue weighted by atomic mass is 10.2. The molecule has 0 aliphatic rings. The third-order valence-electron chi connectivity index (χ3n) is 2.46. The van der Waals surface area contributed by atoms with Crippen molar-refractivity contribution >= 4 is 23.3 Å². The summed E-state index contributed by atoms with van der Waals surface area (Å²) in [6.45, 7) is 0.811. The molecule has 1 aromatic rings. The molecule has 0 radical (unpaired) electrons. The summed E-state index contributed by atoms with van der Waals surface area (Å²) in [6.07, 6.45) is 1.26. The fourth-order valence-corrected chi connectivity index (χ4v) is 1.52. The van der Waals surface area contributed by atoms with E-state index in [1.54, 1.807) is 31.3 Å². The summed E-state index contributed by atoms with van der Waals surface area (Å²) < 4.78 is 0. The highest BCUT2D eigenvalue weighted by atomic mass is 16.2. The Hall–Kier alpha value is -2.08. The molecule has 0 aliphatic carbocycles. The standard InChI is InChI=1S/C13H20N4O2/c1-14-8-4-7-12(18)16-10-5-3-6-11(9-10)17-13(19)15-2/h3,5-6,9,14H,4,7-8H2,1-2H3,(H,16,18)(H2,15,17,19). The van der Waals surface area contributed by atoms with Gasteiger partial charge >= 0.3 is 6.03 Å². The highest BCUT2D eigenvalue weighted by Crippen LogP contribution is 2.15. The van der Waals surface area contributed by atoms with Crippen molar-refractivity contribution in [1.82, 2.24) is 10.6 Å². The van der Waals surface area contributed by atoms with Gasteiger partial charge in [-0.3, -0.25) is 4.79 Å². The normalized spacial score (nSPS) is 9.79. The van der Waals surface area contributed by atoms with E-state index < -0.39 is 0 Å². The Morgan fingerprint density at radius 2 is 1.79 bits per heavy atom. The van der Waals surface area contributed by atoms with Crippen LogP contribution in [-0.4, -0.2) is 32.6 Å². The van der Waals surface area contributed by atoms with Gasteiger partial charge in [0.25, 0.3) is 0 Å². The van der Waals surface area contributed by atoms with Crippen LogP contribution in [0.4, 0.5) is 16.2 Å². The summed E-state index contributed by atoms with van der Waals surface area (Å²) in [7, 11) is 3.40. The van der Waals surface area contributed by atoms with Crippen molar-refractivity contribution in [1.29, 1.82) is 0 Å². The van der Waals surface area contributed by atoms with Crippen LogP contribution in [0.25, 0.3) is 0 Å². The first-order valence-electron chi connectivity index (χ1n) is 6.19. The van der Waals surface area contributed by atoms with Crippen LogP contribution in [0.3, 0.4) is 0 Å². The van der Waals surface area contributed by atoms with E-state index in [1.165, 1.54) is 0 Å². The maximum Gasteiger partial charge on any atom is 0.318 e. The van der Waals surface area contributed by atoms with Gasteiger partial charge in [0.1, 0.15) is 0 Å². The molecule has 3 amide bonds. The van der Waals surface area contributed by atoms with Gasteiger partial charge in [0.05, 0.1) is 0 Å². The van der Waals surface area contributed by atoms with Crippen LogP contribution in [-0.2, 0) is 4.79 Å². The molecule has 0 aromatic heterocycles. The topological polar surface area (TPSA) is 82.3 Å². The van der Waals surface area contributed by atoms with Gasteiger partial charge in [-0.15, -0.1) is 0 Å². The number of hydrogen-bond acceptors (Lipinski definition) is 3. The van der Waals surface area contributed by atoms with Crippen molar-refractivity contribution in [2.24, 2.45) is 0 Å². The molecule has 0 spiro atoms. The maximum atomic E-state index is 11.6. The Bertz CT molecular complexity index is 434. The van der Waals surface area contributed by atoms with E-state index in [2.05, 4.69) is 21.3 Å². The first kappa shape index (κ1) is 15.0. The van der Waals surface area contributed by atoms with Gasteiger partial charge in [0.2, 0.25) is 5.91 Å². The highest BCUT2D eigenvalue weighted by molar-refractivity contribution is 5.93. The largest absolute Gasteiger partial charge is 0.341 e. The first-order chi connectivity index (χ1) is 9.15. The Labute approximate surface area is 113 Å². The molecule has 0 unspecified atom stereocenters. The summed E-state index contributed by atoms with van der Waals surface area (Å²) in [5.74, 6) is -0.0349. The van der Waals surface area contributed by atoms with Crippen molar-refractivity contribution in [3.63, 3.8) is 0 Å². The second-order valence-corrected chi connectivity index (χ2v) is 4.04. The molecular formula is C13H20N4O2. The number of carbonyl (C=O) groups is 2. The smallest absolute Gasteiger partial charge is 0.318 e. The molecule has 1 rings (SSSR count). The molecule has 6 heteroatoms. The minimum absolute atomic E-state index is 0.0349. The lowest BCUT2D eigenvalue weighted by Gasteiger charge is -2.08. The van der Waals surface area contributed by atoms with Crippen LogP contribution in [0.5, 0.6) is 0 Å². The second kappa shape index (κ2) is 8.10. The van der Waals surface area contributed by atoms with Gasteiger partial charge in [-0.05, 0) is 38.2 Å². The number of hydrogen-bond donors (Lipinski definition) is 4. The summed E-state index contributed by atoms with van der Waals surface area (Å²) in [5, 5.41) is 10.9. The predicted octanol–water partition coefficient (Wildman–Crippen LogP) is 1.38. The Morgan fingerprint density at radius 1 is 1.11 bits per heavy atom. The van der Waals surface area contributed by atoms with E-state index >= 15 is 0 Å². The molecule has 0 heterocycles. The van der Waals surface area contributed by atoms with Crippen LogP contribution in [0.15, 0.2) is 24.3 Å². The number of nitrogens with one attached hydrogen (secondary N) is 4. The zero-order valence-electron chi connectivity index (χ0n) is 11.2. The zero-order valence-corrected chi connectivity index (χ0v) is 11.2. The van der Waals surface area contributed by atoms with Crippen molar-refractivity contribution in [2.45, 2.75) is 12.8 Å². The van der Waals surface area contributed by atoms with Crippen LogP contribution < -0.4 is 21.3 Å². The van der Waals surface area contributed by atoms with Gasteiger partial charge in [0.15, 0.2) is 0 Å².